The van der Waals surface area contributed by atoms with Gasteiger partial charge in [0.15, 0.2) is 0 Å². The first-order valence-electron chi connectivity index (χ1n) is 16.2. The summed E-state index contributed by atoms with van der Waals surface area (Å²) in [6, 6.07) is 4.92. The number of allylic oxidation sites excluding steroid dienone is 5. The third kappa shape index (κ3) is 4.92. The number of aliphatic hydroxyl groups excluding tert-OH is 1. The Labute approximate surface area is 253 Å². The van der Waals surface area contributed by atoms with Crippen LogP contribution in [0.2, 0.25) is 0 Å². The molecule has 228 valence electrons. The number of aliphatic carboxylic acids is 1. The maximum atomic E-state index is 11.5. The van der Waals surface area contributed by atoms with Crippen molar-refractivity contribution in [1.29, 1.82) is 0 Å². The van der Waals surface area contributed by atoms with Crippen LogP contribution >= 0.6 is 0 Å². The Bertz CT molecular complexity index is 1460. The zero-order valence-corrected chi connectivity index (χ0v) is 27.3. The first-order valence-corrected chi connectivity index (χ1v) is 16.2. The average Bonchev–Trinajstić information content (AvgIpc) is 3.42. The standard InChI is InChI=1S/C38H53NO3/c1-23(2)11-13-26-20-29-30-22-28-15-16-32-36(6,18-9-10-25(5)35(41)42)33(40)17-19-37(32,7)38(28,8)34(30)39-31(29)21-27(26)14-12-24(3)4/h10-12,20-21,28,32-33,39-40H,9,13-19,22H2,1-8H3,(H,41,42)/b25-10+/t28-,32-,33-,36-,37-,38+/m0/s1. The van der Waals surface area contributed by atoms with Gasteiger partial charge in [-0.15, -0.1) is 0 Å². The number of nitrogens with one attached hydrogen (secondary N) is 1. The lowest BCUT2D eigenvalue weighted by Gasteiger charge is -2.65. The van der Waals surface area contributed by atoms with Crippen molar-refractivity contribution in [3.8, 4) is 0 Å². The molecule has 2 fully saturated rings. The van der Waals surface area contributed by atoms with Gasteiger partial charge in [-0.2, -0.15) is 0 Å². The molecule has 2 saturated carbocycles. The van der Waals surface area contributed by atoms with Crippen molar-refractivity contribution in [3.63, 3.8) is 0 Å². The first-order chi connectivity index (χ1) is 19.7. The van der Waals surface area contributed by atoms with Gasteiger partial charge in [-0.25, -0.2) is 4.79 Å². The van der Waals surface area contributed by atoms with E-state index >= 15 is 0 Å². The van der Waals surface area contributed by atoms with Crippen LogP contribution in [0.3, 0.4) is 0 Å². The molecule has 3 aliphatic rings. The molecule has 0 spiro atoms. The van der Waals surface area contributed by atoms with Crippen LogP contribution in [0.25, 0.3) is 10.9 Å². The van der Waals surface area contributed by atoms with Crippen LogP contribution in [-0.4, -0.2) is 27.3 Å². The van der Waals surface area contributed by atoms with Gasteiger partial charge in [0.25, 0.3) is 0 Å². The summed E-state index contributed by atoms with van der Waals surface area (Å²) >= 11 is 0. The molecule has 6 atom stereocenters. The molecule has 4 nitrogen and oxygen atoms in total. The number of fused-ring (bicyclic) bond motifs is 7. The minimum Gasteiger partial charge on any atom is -0.478 e. The summed E-state index contributed by atoms with van der Waals surface area (Å²) < 4.78 is 0. The second kappa shape index (κ2) is 11.2. The number of carbonyl (C=O) groups is 1. The third-order valence-electron chi connectivity index (χ3n) is 12.2. The molecule has 0 bridgehead atoms. The zero-order chi connectivity index (χ0) is 30.6. The van der Waals surface area contributed by atoms with Gasteiger partial charge in [-0.1, -0.05) is 50.1 Å². The highest BCUT2D eigenvalue weighted by atomic mass is 16.4. The van der Waals surface area contributed by atoms with Gasteiger partial charge in [-0.3, -0.25) is 0 Å². The fraction of sp³-hybridized carbons (Fsp3) is 0.605. The highest BCUT2D eigenvalue weighted by molar-refractivity contribution is 5.88. The number of carboxylic acid groups (broad SMARTS) is 1. The summed E-state index contributed by atoms with van der Waals surface area (Å²) in [6.45, 7) is 17.7. The first kappa shape index (κ1) is 30.9. The van der Waals surface area contributed by atoms with E-state index < -0.39 is 5.97 Å². The molecule has 1 aromatic heterocycles. The van der Waals surface area contributed by atoms with E-state index in [2.05, 4.69) is 77.7 Å². The number of aliphatic hydroxyl groups is 1. The molecule has 0 aliphatic heterocycles. The van der Waals surface area contributed by atoms with Gasteiger partial charge >= 0.3 is 5.97 Å². The predicted octanol–water partition coefficient (Wildman–Crippen LogP) is 9.00. The van der Waals surface area contributed by atoms with Gasteiger partial charge in [-0.05, 0) is 144 Å². The lowest BCUT2D eigenvalue weighted by Crippen LogP contribution is -2.62. The topological polar surface area (TPSA) is 73.3 Å². The van der Waals surface area contributed by atoms with E-state index in [1.807, 2.05) is 6.08 Å². The Hall–Kier alpha value is -2.59. The Balaban J connectivity index is 1.57. The largest absolute Gasteiger partial charge is 0.478 e. The highest BCUT2D eigenvalue weighted by Gasteiger charge is 2.66. The minimum absolute atomic E-state index is 0.0125. The summed E-state index contributed by atoms with van der Waals surface area (Å²) in [6.07, 6.45) is 14.9. The van der Waals surface area contributed by atoms with Crippen LogP contribution in [0.1, 0.15) is 116 Å². The minimum atomic E-state index is -0.854. The van der Waals surface area contributed by atoms with Crippen molar-refractivity contribution in [2.24, 2.45) is 22.7 Å². The molecule has 0 unspecified atom stereocenters. The molecule has 3 N–H and O–H groups in total. The number of aromatic amines is 1. The molecule has 0 saturated heterocycles. The van der Waals surface area contributed by atoms with E-state index in [9.17, 15) is 15.0 Å². The van der Waals surface area contributed by atoms with Crippen molar-refractivity contribution < 1.29 is 15.0 Å². The van der Waals surface area contributed by atoms with Gasteiger partial charge in [0.1, 0.15) is 0 Å². The Morgan fingerprint density at radius 1 is 0.952 bits per heavy atom. The normalized spacial score (nSPS) is 32.2. The van der Waals surface area contributed by atoms with E-state index in [1.165, 1.54) is 50.9 Å². The van der Waals surface area contributed by atoms with Gasteiger partial charge in [0.05, 0.1) is 6.10 Å². The van der Waals surface area contributed by atoms with Gasteiger partial charge in [0, 0.05) is 27.6 Å². The SMILES string of the molecule is CC(C)=CCc1cc2[nH]c3c(c2cc1CC=C(C)C)C[C@@H]1CC[C@H]2[C@](C)(CC/C=C(\C)C(=O)O)[C@@H](O)CC[C@]2(C)[C@@]31C. The van der Waals surface area contributed by atoms with Crippen molar-refractivity contribution in [3.05, 3.63) is 69.5 Å². The molecule has 0 radical (unpaired) electrons. The summed E-state index contributed by atoms with van der Waals surface area (Å²) in [5.74, 6) is 0.129. The van der Waals surface area contributed by atoms with Crippen LogP contribution in [0.15, 0.2) is 47.1 Å². The maximum absolute atomic E-state index is 11.5. The smallest absolute Gasteiger partial charge is 0.330 e. The van der Waals surface area contributed by atoms with Crippen LogP contribution in [-0.2, 0) is 29.5 Å². The summed E-state index contributed by atoms with van der Waals surface area (Å²) in [5.41, 5.74) is 10.0. The van der Waals surface area contributed by atoms with Crippen LogP contribution in [0.4, 0.5) is 0 Å². The molecule has 42 heavy (non-hydrogen) atoms. The molecule has 4 heteroatoms. The summed E-state index contributed by atoms with van der Waals surface area (Å²) in [4.78, 5) is 15.4. The molecule has 5 rings (SSSR count). The number of hydrogen-bond acceptors (Lipinski definition) is 2. The number of benzene rings is 1. The van der Waals surface area contributed by atoms with E-state index in [1.54, 1.807) is 6.92 Å². The number of hydrogen-bond donors (Lipinski definition) is 3. The van der Waals surface area contributed by atoms with E-state index in [4.69, 9.17) is 0 Å². The fourth-order valence-electron chi connectivity index (χ4n) is 9.41. The van der Waals surface area contributed by atoms with Crippen LogP contribution in [0, 0.1) is 22.7 Å². The molecule has 0 amide bonds. The summed E-state index contributed by atoms with van der Waals surface area (Å²) in [5, 5.41) is 22.3. The second-order valence-corrected chi connectivity index (χ2v) is 15.1. The van der Waals surface area contributed by atoms with Crippen LogP contribution < -0.4 is 0 Å². The molecular formula is C38H53NO3. The maximum Gasteiger partial charge on any atom is 0.330 e. The average molecular weight is 572 g/mol. The number of aromatic nitrogens is 1. The quantitative estimate of drug-likeness (QED) is 0.219. The Kier molecular flexibility index (Phi) is 8.20. The number of carboxylic acids is 1. The molecule has 3 aliphatic carbocycles. The zero-order valence-electron chi connectivity index (χ0n) is 27.3. The van der Waals surface area contributed by atoms with Crippen LogP contribution in [0.5, 0.6) is 0 Å². The van der Waals surface area contributed by atoms with Crippen molar-refractivity contribution >= 4 is 16.9 Å². The van der Waals surface area contributed by atoms with Gasteiger partial charge in [0.2, 0.25) is 0 Å². The molecule has 1 heterocycles. The molecular weight excluding hydrogens is 518 g/mol. The van der Waals surface area contributed by atoms with Crippen molar-refractivity contribution in [2.45, 2.75) is 125 Å². The highest BCUT2D eigenvalue weighted by Crippen LogP contribution is 2.70. The Morgan fingerprint density at radius 3 is 2.21 bits per heavy atom. The second-order valence-electron chi connectivity index (χ2n) is 15.1. The van der Waals surface area contributed by atoms with Gasteiger partial charge < -0.3 is 15.2 Å². The number of rotatable bonds is 8. The lowest BCUT2D eigenvalue weighted by molar-refractivity contribution is -0.166. The van der Waals surface area contributed by atoms with E-state index in [-0.39, 0.29) is 22.3 Å². The fourth-order valence-corrected chi connectivity index (χ4v) is 9.41. The Morgan fingerprint density at radius 2 is 1.60 bits per heavy atom. The lowest BCUT2D eigenvalue weighted by atomic mass is 9.40. The monoisotopic (exact) mass is 571 g/mol. The predicted molar refractivity (Wildman–Crippen MR) is 174 cm³/mol. The van der Waals surface area contributed by atoms with E-state index in [0.29, 0.717) is 23.8 Å². The van der Waals surface area contributed by atoms with Crippen molar-refractivity contribution in [2.75, 3.05) is 0 Å². The number of H-pyrrole nitrogens is 1. The summed E-state index contributed by atoms with van der Waals surface area (Å²) in [7, 11) is 0. The van der Waals surface area contributed by atoms with E-state index in [0.717, 1.165) is 44.9 Å². The molecule has 2 aromatic rings. The van der Waals surface area contributed by atoms with Crippen molar-refractivity contribution in [1.82, 2.24) is 4.98 Å². The third-order valence-corrected chi connectivity index (χ3v) is 12.2. The molecule has 1 aromatic carbocycles.